The summed E-state index contributed by atoms with van der Waals surface area (Å²) in [6.45, 7) is 7.27. The molecule has 2 amide bonds. The van der Waals surface area contributed by atoms with E-state index in [2.05, 4.69) is 5.32 Å². The molecule has 152 valence electrons. The molecule has 0 unspecified atom stereocenters. The maximum atomic E-state index is 13.8. The van der Waals surface area contributed by atoms with E-state index in [0.29, 0.717) is 25.3 Å². The number of rotatable bonds is 7. The Labute approximate surface area is 166 Å². The van der Waals surface area contributed by atoms with Crippen molar-refractivity contribution in [3.63, 3.8) is 0 Å². The van der Waals surface area contributed by atoms with E-state index in [1.807, 2.05) is 45.0 Å². The first-order chi connectivity index (χ1) is 13.2. The molecule has 0 spiro atoms. The Balaban J connectivity index is 1.88. The summed E-state index contributed by atoms with van der Waals surface area (Å²) in [5.74, 6) is -0.255. The van der Waals surface area contributed by atoms with Gasteiger partial charge in [-0.25, -0.2) is 9.18 Å². The zero-order valence-corrected chi connectivity index (χ0v) is 17.2. The van der Waals surface area contributed by atoms with Gasteiger partial charge in [0.25, 0.3) is 0 Å². The van der Waals surface area contributed by atoms with Crippen LogP contribution in [0.4, 0.5) is 9.18 Å². The van der Waals surface area contributed by atoms with Crippen molar-refractivity contribution in [2.75, 3.05) is 14.2 Å². The highest BCUT2D eigenvalue weighted by Gasteiger charge is 2.12. The molecular formula is C22H29FN2O3. The van der Waals surface area contributed by atoms with Crippen LogP contribution in [-0.2, 0) is 24.4 Å². The Morgan fingerprint density at radius 3 is 2.46 bits per heavy atom. The third kappa shape index (κ3) is 6.85. The first kappa shape index (κ1) is 21.7. The summed E-state index contributed by atoms with van der Waals surface area (Å²) in [6, 6.07) is 12.4. The van der Waals surface area contributed by atoms with Gasteiger partial charge in [0.15, 0.2) is 11.6 Å². The number of nitrogens with zero attached hydrogens (tertiary/aromatic N) is 1. The summed E-state index contributed by atoms with van der Waals surface area (Å²) in [5, 5.41) is 2.88. The summed E-state index contributed by atoms with van der Waals surface area (Å²) >= 11 is 0. The third-order valence-electron chi connectivity index (χ3n) is 4.09. The van der Waals surface area contributed by atoms with Gasteiger partial charge in [-0.05, 0) is 49.6 Å². The summed E-state index contributed by atoms with van der Waals surface area (Å²) in [7, 11) is 3.09. The number of benzene rings is 2. The normalized spacial score (nSPS) is 11.2. The van der Waals surface area contributed by atoms with Crippen LogP contribution in [0.2, 0.25) is 0 Å². The average molecular weight is 388 g/mol. The molecule has 0 radical (unpaired) electrons. The Morgan fingerprint density at radius 2 is 1.82 bits per heavy atom. The van der Waals surface area contributed by atoms with E-state index in [9.17, 15) is 9.18 Å². The first-order valence-electron chi connectivity index (χ1n) is 9.21. The maximum Gasteiger partial charge on any atom is 0.317 e. The smallest absolute Gasteiger partial charge is 0.317 e. The van der Waals surface area contributed by atoms with Crippen molar-refractivity contribution in [2.24, 2.45) is 0 Å². The van der Waals surface area contributed by atoms with Gasteiger partial charge in [0.2, 0.25) is 0 Å². The zero-order chi connectivity index (χ0) is 20.7. The molecule has 0 aliphatic heterocycles. The third-order valence-corrected chi connectivity index (χ3v) is 4.09. The second-order valence-corrected chi connectivity index (χ2v) is 7.70. The summed E-state index contributed by atoms with van der Waals surface area (Å²) in [4.78, 5) is 13.9. The number of ether oxygens (including phenoxy) is 2. The summed E-state index contributed by atoms with van der Waals surface area (Å²) < 4.78 is 24.5. The Bertz CT molecular complexity index is 803. The van der Waals surface area contributed by atoms with Crippen molar-refractivity contribution < 1.29 is 18.7 Å². The Kier molecular flexibility index (Phi) is 7.40. The number of urea groups is 1. The van der Waals surface area contributed by atoms with Crippen LogP contribution in [0.1, 0.15) is 37.5 Å². The lowest BCUT2D eigenvalue weighted by molar-refractivity contribution is -0.0149. The quantitative estimate of drug-likeness (QED) is 0.760. The molecule has 0 bridgehead atoms. The van der Waals surface area contributed by atoms with Gasteiger partial charge < -0.3 is 19.7 Å². The van der Waals surface area contributed by atoms with Crippen LogP contribution in [0.3, 0.4) is 0 Å². The number of amides is 2. The van der Waals surface area contributed by atoms with Gasteiger partial charge in [-0.1, -0.05) is 30.3 Å². The fourth-order valence-electron chi connectivity index (χ4n) is 2.60. The summed E-state index contributed by atoms with van der Waals surface area (Å²) in [5.41, 5.74) is 2.54. The minimum absolute atomic E-state index is 0.186. The molecule has 28 heavy (non-hydrogen) atoms. The van der Waals surface area contributed by atoms with Crippen LogP contribution in [-0.4, -0.2) is 30.7 Å². The second-order valence-electron chi connectivity index (χ2n) is 7.70. The minimum Gasteiger partial charge on any atom is -0.494 e. The molecule has 5 nitrogen and oxygen atoms in total. The number of carbonyl (C=O) groups is 1. The van der Waals surface area contributed by atoms with Gasteiger partial charge in [0.1, 0.15) is 0 Å². The minimum atomic E-state index is -0.442. The lowest BCUT2D eigenvalue weighted by atomic mass is 10.1. The molecule has 6 heteroatoms. The standard InChI is InChI=1S/C22H29FN2O3/c1-22(2,3)28-15-18-8-6-7-16(11-18)13-24-21(26)25(4)14-17-9-10-20(27-5)19(23)12-17/h6-12H,13-15H2,1-5H3,(H,24,26). The van der Waals surface area contributed by atoms with Crippen molar-refractivity contribution in [3.05, 3.63) is 65.0 Å². The lowest BCUT2D eigenvalue weighted by Gasteiger charge is -2.20. The number of nitrogens with one attached hydrogen (secondary N) is 1. The van der Waals surface area contributed by atoms with Crippen LogP contribution < -0.4 is 10.1 Å². The fraction of sp³-hybridized carbons (Fsp3) is 0.409. The molecule has 0 fully saturated rings. The lowest BCUT2D eigenvalue weighted by Crippen LogP contribution is -2.36. The number of methoxy groups -OCH3 is 1. The highest BCUT2D eigenvalue weighted by molar-refractivity contribution is 5.73. The van der Waals surface area contributed by atoms with Crippen molar-refractivity contribution >= 4 is 6.03 Å². The fourth-order valence-corrected chi connectivity index (χ4v) is 2.60. The van der Waals surface area contributed by atoms with Gasteiger partial charge in [0, 0.05) is 20.1 Å². The van der Waals surface area contributed by atoms with E-state index in [1.54, 1.807) is 19.2 Å². The van der Waals surface area contributed by atoms with Gasteiger partial charge in [-0.15, -0.1) is 0 Å². The molecule has 0 aromatic heterocycles. The molecule has 2 aromatic rings. The van der Waals surface area contributed by atoms with E-state index < -0.39 is 5.82 Å². The molecule has 2 aromatic carbocycles. The van der Waals surface area contributed by atoms with Crippen molar-refractivity contribution in [1.82, 2.24) is 10.2 Å². The van der Waals surface area contributed by atoms with Crippen LogP contribution in [0, 0.1) is 5.82 Å². The second kappa shape index (κ2) is 9.55. The van der Waals surface area contributed by atoms with Crippen molar-refractivity contribution in [3.8, 4) is 5.75 Å². The predicted octanol–water partition coefficient (Wildman–Crippen LogP) is 4.49. The van der Waals surface area contributed by atoms with E-state index in [1.165, 1.54) is 18.1 Å². The van der Waals surface area contributed by atoms with Crippen molar-refractivity contribution in [2.45, 2.75) is 46.1 Å². The van der Waals surface area contributed by atoms with Gasteiger partial charge >= 0.3 is 6.03 Å². The topological polar surface area (TPSA) is 50.8 Å². The van der Waals surface area contributed by atoms with Crippen LogP contribution >= 0.6 is 0 Å². The van der Waals surface area contributed by atoms with Crippen LogP contribution in [0.15, 0.2) is 42.5 Å². The van der Waals surface area contributed by atoms with Gasteiger partial charge in [0.05, 0.1) is 19.3 Å². The number of carbonyl (C=O) groups excluding carboxylic acids is 1. The number of halogens is 1. The first-order valence-corrected chi connectivity index (χ1v) is 9.21. The number of hydrogen-bond acceptors (Lipinski definition) is 3. The van der Waals surface area contributed by atoms with E-state index in [-0.39, 0.29) is 17.4 Å². The van der Waals surface area contributed by atoms with Gasteiger partial charge in [-0.3, -0.25) is 0 Å². The molecule has 0 aliphatic rings. The maximum absolute atomic E-state index is 13.8. The monoisotopic (exact) mass is 388 g/mol. The van der Waals surface area contributed by atoms with Crippen molar-refractivity contribution in [1.29, 1.82) is 0 Å². The molecule has 0 heterocycles. The van der Waals surface area contributed by atoms with E-state index >= 15 is 0 Å². The Morgan fingerprint density at radius 1 is 1.11 bits per heavy atom. The highest BCUT2D eigenvalue weighted by atomic mass is 19.1. The van der Waals surface area contributed by atoms with E-state index in [4.69, 9.17) is 9.47 Å². The molecule has 0 atom stereocenters. The number of hydrogen-bond donors (Lipinski definition) is 1. The molecule has 2 rings (SSSR count). The van der Waals surface area contributed by atoms with Crippen LogP contribution in [0.25, 0.3) is 0 Å². The van der Waals surface area contributed by atoms with Gasteiger partial charge in [-0.2, -0.15) is 0 Å². The molecule has 0 saturated heterocycles. The Hall–Kier alpha value is -2.60. The average Bonchev–Trinajstić information content (AvgIpc) is 2.64. The molecule has 0 aliphatic carbocycles. The predicted molar refractivity (Wildman–Crippen MR) is 108 cm³/mol. The van der Waals surface area contributed by atoms with Crippen LogP contribution in [0.5, 0.6) is 5.75 Å². The largest absolute Gasteiger partial charge is 0.494 e. The molecular weight excluding hydrogens is 359 g/mol. The highest BCUT2D eigenvalue weighted by Crippen LogP contribution is 2.18. The zero-order valence-electron chi connectivity index (χ0n) is 17.2. The summed E-state index contributed by atoms with van der Waals surface area (Å²) in [6.07, 6.45) is 0. The SMILES string of the molecule is COc1ccc(CN(C)C(=O)NCc2cccc(COC(C)(C)C)c2)cc1F. The molecule has 1 N–H and O–H groups in total. The molecule has 0 saturated carbocycles. The van der Waals surface area contributed by atoms with E-state index in [0.717, 1.165) is 11.1 Å².